The number of hydrogen-bond donors (Lipinski definition) is 1. The number of morpholine rings is 1. The van der Waals surface area contributed by atoms with Gasteiger partial charge < -0.3 is 19.5 Å². The maximum absolute atomic E-state index is 13.1. The Kier molecular flexibility index (Phi) is 7.78. The van der Waals surface area contributed by atoms with Crippen LogP contribution in [0.5, 0.6) is 5.75 Å². The number of carbonyl (C=O) groups excluding carboxylic acids is 2. The van der Waals surface area contributed by atoms with Crippen LogP contribution in [0.25, 0.3) is 5.76 Å². The Morgan fingerprint density at radius 3 is 2.41 bits per heavy atom. The fraction of sp³-hybridized carbons (Fsp3) is 0.360. The molecule has 9 heteroatoms. The van der Waals surface area contributed by atoms with Gasteiger partial charge in [0.15, 0.2) is 0 Å². The third-order valence-corrected chi connectivity index (χ3v) is 6.88. The Morgan fingerprint density at radius 2 is 1.76 bits per heavy atom. The van der Waals surface area contributed by atoms with Crippen molar-refractivity contribution in [3.63, 3.8) is 0 Å². The van der Waals surface area contributed by atoms with Gasteiger partial charge in [-0.3, -0.25) is 14.5 Å². The van der Waals surface area contributed by atoms with E-state index in [4.69, 9.17) is 32.7 Å². The number of ether oxygens (including phenoxy) is 2. The second-order valence-electron chi connectivity index (χ2n) is 8.20. The number of nitrogens with zero attached hydrogens (tertiary/aromatic N) is 2. The molecule has 2 aromatic carbocycles. The smallest absolute Gasteiger partial charge is 0.295 e. The zero-order valence-corrected chi connectivity index (χ0v) is 20.3. The molecular weight excluding hydrogens is 479 g/mol. The van der Waals surface area contributed by atoms with Crippen molar-refractivity contribution in [1.29, 1.82) is 0 Å². The van der Waals surface area contributed by atoms with Crippen LogP contribution in [-0.4, -0.2) is 73.1 Å². The number of carbonyl (C=O) groups is 2. The highest BCUT2D eigenvalue weighted by molar-refractivity contribution is 6.46. The number of methoxy groups -OCH3 is 1. The summed E-state index contributed by atoms with van der Waals surface area (Å²) in [5.74, 6) is -1.00. The molecule has 2 fully saturated rings. The number of halogens is 2. The van der Waals surface area contributed by atoms with Crippen LogP contribution >= 0.6 is 23.2 Å². The third kappa shape index (κ3) is 5.08. The van der Waals surface area contributed by atoms with E-state index in [9.17, 15) is 14.7 Å². The summed E-state index contributed by atoms with van der Waals surface area (Å²) in [4.78, 5) is 30.0. The molecule has 0 aliphatic carbocycles. The highest BCUT2D eigenvalue weighted by Crippen LogP contribution is 2.41. The molecule has 1 atom stereocenters. The lowest BCUT2D eigenvalue weighted by molar-refractivity contribution is -0.140. The third-order valence-electron chi connectivity index (χ3n) is 6.14. The normalized spacial score (nSPS) is 20.7. The first kappa shape index (κ1) is 24.5. The molecule has 34 heavy (non-hydrogen) atoms. The second-order valence-corrected chi connectivity index (χ2v) is 9.02. The van der Waals surface area contributed by atoms with Gasteiger partial charge in [-0.05, 0) is 48.4 Å². The predicted octanol–water partition coefficient (Wildman–Crippen LogP) is 4.15. The molecule has 7 nitrogen and oxygen atoms in total. The average molecular weight is 505 g/mol. The van der Waals surface area contributed by atoms with Crippen molar-refractivity contribution < 1.29 is 24.2 Å². The summed E-state index contributed by atoms with van der Waals surface area (Å²) in [6.45, 7) is 4.19. The van der Waals surface area contributed by atoms with Crippen LogP contribution in [0.3, 0.4) is 0 Å². The van der Waals surface area contributed by atoms with Gasteiger partial charge >= 0.3 is 0 Å². The molecule has 0 aromatic heterocycles. The SMILES string of the molecule is COc1ccc(/C(O)=C2\C(=O)C(=O)N(CCCN3CCOCC3)C2c2ccc(Cl)c(Cl)c2)cc1. The number of Topliss-reactive ketones (excluding diaryl/α,β-unsaturated/α-hetero) is 1. The van der Waals surface area contributed by atoms with Crippen molar-refractivity contribution in [1.82, 2.24) is 9.80 Å². The van der Waals surface area contributed by atoms with E-state index in [1.807, 2.05) is 0 Å². The fourth-order valence-electron chi connectivity index (χ4n) is 4.33. The van der Waals surface area contributed by atoms with E-state index in [2.05, 4.69) is 4.90 Å². The van der Waals surface area contributed by atoms with Gasteiger partial charge in [-0.15, -0.1) is 0 Å². The number of aliphatic hydroxyl groups is 1. The van der Waals surface area contributed by atoms with Crippen molar-refractivity contribution in [2.45, 2.75) is 12.5 Å². The number of hydrogen-bond acceptors (Lipinski definition) is 6. The lowest BCUT2D eigenvalue weighted by Crippen LogP contribution is -2.38. The Hall–Kier alpha value is -2.58. The molecule has 2 aromatic rings. The fourth-order valence-corrected chi connectivity index (χ4v) is 4.64. The predicted molar refractivity (Wildman–Crippen MR) is 130 cm³/mol. The van der Waals surface area contributed by atoms with Crippen LogP contribution in [0.1, 0.15) is 23.6 Å². The molecule has 1 unspecified atom stereocenters. The molecule has 0 saturated carbocycles. The van der Waals surface area contributed by atoms with E-state index in [0.29, 0.717) is 53.1 Å². The lowest BCUT2D eigenvalue weighted by atomic mass is 9.95. The second kappa shape index (κ2) is 10.8. The molecular formula is C25H26Cl2N2O5. The number of rotatable bonds is 7. The first-order valence-corrected chi connectivity index (χ1v) is 11.8. The molecule has 0 bridgehead atoms. The lowest BCUT2D eigenvalue weighted by Gasteiger charge is -2.29. The Morgan fingerprint density at radius 1 is 1.06 bits per heavy atom. The van der Waals surface area contributed by atoms with Gasteiger partial charge in [0.2, 0.25) is 0 Å². The van der Waals surface area contributed by atoms with Gasteiger partial charge in [0.1, 0.15) is 11.5 Å². The van der Waals surface area contributed by atoms with Crippen molar-refractivity contribution in [2.75, 3.05) is 46.5 Å². The van der Waals surface area contributed by atoms with Crippen molar-refractivity contribution in [3.8, 4) is 5.75 Å². The molecule has 1 N–H and O–H groups in total. The molecule has 0 radical (unpaired) electrons. The number of aliphatic hydroxyl groups excluding tert-OH is 1. The minimum absolute atomic E-state index is 0.0277. The average Bonchev–Trinajstić information content (AvgIpc) is 3.11. The highest BCUT2D eigenvalue weighted by atomic mass is 35.5. The van der Waals surface area contributed by atoms with E-state index in [1.165, 1.54) is 4.90 Å². The quantitative estimate of drug-likeness (QED) is 0.346. The number of likely N-dealkylation sites (tertiary alicyclic amines) is 1. The summed E-state index contributed by atoms with van der Waals surface area (Å²) in [6.07, 6.45) is 0.674. The molecule has 1 amide bonds. The number of benzene rings is 2. The summed E-state index contributed by atoms with van der Waals surface area (Å²) in [7, 11) is 1.54. The molecule has 2 aliphatic heterocycles. The molecule has 4 rings (SSSR count). The van der Waals surface area contributed by atoms with E-state index < -0.39 is 17.7 Å². The number of ketones is 1. The Balaban J connectivity index is 1.69. The number of amides is 1. The Labute approximate surface area is 208 Å². The maximum atomic E-state index is 13.1. The maximum Gasteiger partial charge on any atom is 0.295 e. The standard InChI is InChI=1S/C25H26Cl2N2O5/c1-33-18-6-3-16(4-7-18)23(30)21-22(17-5-8-19(26)20(27)15-17)29(25(32)24(21)31)10-2-9-28-11-13-34-14-12-28/h3-8,15,22,30H,2,9-14H2,1H3/b23-21+. The molecule has 0 spiro atoms. The first-order chi connectivity index (χ1) is 16.4. The first-order valence-electron chi connectivity index (χ1n) is 11.1. The van der Waals surface area contributed by atoms with Gasteiger partial charge in [0.25, 0.3) is 11.7 Å². The zero-order valence-electron chi connectivity index (χ0n) is 18.8. The van der Waals surface area contributed by atoms with Gasteiger partial charge in [0.05, 0.1) is 42.0 Å². The minimum Gasteiger partial charge on any atom is -0.507 e. The topological polar surface area (TPSA) is 79.3 Å². The molecule has 2 heterocycles. The van der Waals surface area contributed by atoms with Crippen molar-refractivity contribution in [3.05, 3.63) is 69.2 Å². The summed E-state index contributed by atoms with van der Waals surface area (Å²) in [5.41, 5.74) is 1.05. The van der Waals surface area contributed by atoms with Gasteiger partial charge in [0, 0.05) is 31.7 Å². The summed E-state index contributed by atoms with van der Waals surface area (Å²) < 4.78 is 10.6. The monoisotopic (exact) mass is 504 g/mol. The highest BCUT2D eigenvalue weighted by Gasteiger charge is 2.46. The van der Waals surface area contributed by atoms with E-state index in [0.717, 1.165) is 19.6 Å². The van der Waals surface area contributed by atoms with E-state index in [-0.39, 0.29) is 11.3 Å². The zero-order chi connectivity index (χ0) is 24.2. The molecule has 2 aliphatic rings. The van der Waals surface area contributed by atoms with Crippen LogP contribution in [0.4, 0.5) is 0 Å². The minimum atomic E-state index is -0.776. The van der Waals surface area contributed by atoms with E-state index in [1.54, 1.807) is 49.6 Å². The van der Waals surface area contributed by atoms with Crippen LogP contribution in [-0.2, 0) is 14.3 Å². The Bertz CT molecular complexity index is 1100. The van der Waals surface area contributed by atoms with Crippen LogP contribution in [0.2, 0.25) is 10.0 Å². The van der Waals surface area contributed by atoms with Crippen LogP contribution in [0, 0.1) is 0 Å². The largest absolute Gasteiger partial charge is 0.507 e. The van der Waals surface area contributed by atoms with Crippen LogP contribution in [0.15, 0.2) is 48.0 Å². The van der Waals surface area contributed by atoms with Gasteiger partial charge in [-0.1, -0.05) is 29.3 Å². The molecule has 2 saturated heterocycles. The summed E-state index contributed by atoms with van der Waals surface area (Å²) in [5, 5.41) is 11.8. The van der Waals surface area contributed by atoms with Gasteiger partial charge in [-0.25, -0.2) is 0 Å². The molecule has 180 valence electrons. The van der Waals surface area contributed by atoms with Crippen LogP contribution < -0.4 is 4.74 Å². The summed E-state index contributed by atoms with van der Waals surface area (Å²) >= 11 is 12.4. The van der Waals surface area contributed by atoms with Gasteiger partial charge in [-0.2, -0.15) is 0 Å². The van der Waals surface area contributed by atoms with Crippen molar-refractivity contribution in [2.24, 2.45) is 0 Å². The van der Waals surface area contributed by atoms with E-state index >= 15 is 0 Å². The summed E-state index contributed by atoms with van der Waals surface area (Å²) in [6, 6.07) is 10.9. The van der Waals surface area contributed by atoms with Crippen molar-refractivity contribution >= 4 is 40.7 Å².